The van der Waals surface area contributed by atoms with E-state index in [2.05, 4.69) is 5.10 Å². The Labute approximate surface area is 110 Å². The van der Waals surface area contributed by atoms with Gasteiger partial charge in [0.1, 0.15) is 5.56 Å². The highest BCUT2D eigenvalue weighted by Gasteiger charge is 2.14. The first-order valence-electron chi connectivity index (χ1n) is 5.81. The molecule has 0 bridgehead atoms. The van der Waals surface area contributed by atoms with Gasteiger partial charge in [0.25, 0.3) is 0 Å². The third kappa shape index (κ3) is 2.85. The molecular formula is C13H15N3O3. The molecule has 6 nitrogen and oxygen atoms in total. The van der Waals surface area contributed by atoms with Gasteiger partial charge in [-0.15, -0.1) is 0 Å². The van der Waals surface area contributed by atoms with Crippen LogP contribution in [-0.2, 0) is 13.5 Å². The van der Waals surface area contributed by atoms with E-state index in [-0.39, 0.29) is 11.3 Å². The number of nitrogen functional groups attached to an aromatic ring is 1. The molecule has 0 unspecified atom stereocenters. The number of anilines is 1. The number of hydrogen-bond acceptors (Lipinski definition) is 4. The van der Waals surface area contributed by atoms with Gasteiger partial charge in [0.05, 0.1) is 12.3 Å². The van der Waals surface area contributed by atoms with Crippen LogP contribution in [0.1, 0.15) is 16.1 Å². The van der Waals surface area contributed by atoms with Crippen molar-refractivity contribution in [1.29, 1.82) is 0 Å². The van der Waals surface area contributed by atoms with Gasteiger partial charge in [0.2, 0.25) is 0 Å². The summed E-state index contributed by atoms with van der Waals surface area (Å²) >= 11 is 0. The van der Waals surface area contributed by atoms with Crippen LogP contribution in [-0.4, -0.2) is 27.5 Å². The van der Waals surface area contributed by atoms with Crippen LogP contribution in [0, 0.1) is 0 Å². The van der Waals surface area contributed by atoms with E-state index in [0.717, 1.165) is 5.69 Å². The van der Waals surface area contributed by atoms with E-state index in [4.69, 9.17) is 15.6 Å². The van der Waals surface area contributed by atoms with Crippen molar-refractivity contribution < 1.29 is 14.6 Å². The Hall–Kier alpha value is -2.50. The standard InChI is InChI=1S/C13H15N3O3/c1-16-9(5-7-15-16)6-8-19-12-10(13(17)18)3-2-4-11(12)14/h2-5,7H,6,8,14H2,1H3,(H,17,18). The molecule has 0 amide bonds. The van der Waals surface area contributed by atoms with Gasteiger partial charge in [0, 0.05) is 25.4 Å². The van der Waals surface area contributed by atoms with E-state index < -0.39 is 5.97 Å². The summed E-state index contributed by atoms with van der Waals surface area (Å²) in [4.78, 5) is 11.1. The maximum Gasteiger partial charge on any atom is 0.339 e. The van der Waals surface area contributed by atoms with Crippen molar-refractivity contribution in [3.8, 4) is 5.75 Å². The lowest BCUT2D eigenvalue weighted by Crippen LogP contribution is -2.10. The first-order chi connectivity index (χ1) is 9.09. The summed E-state index contributed by atoms with van der Waals surface area (Å²) in [6.45, 7) is 0.341. The second-order valence-electron chi connectivity index (χ2n) is 4.07. The van der Waals surface area contributed by atoms with Crippen LogP contribution in [0.2, 0.25) is 0 Å². The van der Waals surface area contributed by atoms with Crippen molar-refractivity contribution in [2.45, 2.75) is 6.42 Å². The molecule has 100 valence electrons. The summed E-state index contributed by atoms with van der Waals surface area (Å²) < 4.78 is 7.26. The maximum absolute atomic E-state index is 11.1. The van der Waals surface area contributed by atoms with Crippen LogP contribution in [0.15, 0.2) is 30.5 Å². The van der Waals surface area contributed by atoms with E-state index in [0.29, 0.717) is 18.7 Å². The number of nitrogens with zero attached hydrogens (tertiary/aromatic N) is 2. The Morgan fingerprint density at radius 3 is 2.89 bits per heavy atom. The molecule has 0 fully saturated rings. The smallest absolute Gasteiger partial charge is 0.339 e. The normalized spacial score (nSPS) is 10.4. The van der Waals surface area contributed by atoms with Crippen molar-refractivity contribution in [1.82, 2.24) is 9.78 Å². The summed E-state index contributed by atoms with van der Waals surface area (Å²) in [5.41, 5.74) is 7.15. The molecule has 0 aliphatic carbocycles. The lowest BCUT2D eigenvalue weighted by molar-refractivity contribution is 0.0692. The molecular weight excluding hydrogens is 246 g/mol. The number of benzene rings is 1. The SMILES string of the molecule is Cn1nccc1CCOc1c(N)cccc1C(=O)O. The van der Waals surface area contributed by atoms with Crippen molar-refractivity contribution in [2.75, 3.05) is 12.3 Å². The van der Waals surface area contributed by atoms with Crippen LogP contribution in [0.25, 0.3) is 0 Å². The lowest BCUT2D eigenvalue weighted by atomic mass is 10.2. The molecule has 3 N–H and O–H groups in total. The molecule has 0 aliphatic heterocycles. The molecule has 2 rings (SSSR count). The number of aromatic carboxylic acids is 1. The molecule has 0 atom stereocenters. The molecule has 19 heavy (non-hydrogen) atoms. The van der Waals surface area contributed by atoms with E-state index >= 15 is 0 Å². The average molecular weight is 261 g/mol. The van der Waals surface area contributed by atoms with Gasteiger partial charge in [-0.05, 0) is 18.2 Å². The molecule has 1 heterocycles. The molecule has 1 aromatic carbocycles. The van der Waals surface area contributed by atoms with Gasteiger partial charge in [-0.25, -0.2) is 4.79 Å². The molecule has 0 spiro atoms. The third-order valence-electron chi connectivity index (χ3n) is 2.80. The molecule has 0 saturated carbocycles. The molecule has 1 aromatic heterocycles. The molecule has 0 aliphatic rings. The second-order valence-corrected chi connectivity index (χ2v) is 4.07. The minimum Gasteiger partial charge on any atom is -0.490 e. The molecule has 6 heteroatoms. The summed E-state index contributed by atoms with van der Waals surface area (Å²) in [7, 11) is 1.84. The fourth-order valence-corrected chi connectivity index (χ4v) is 1.79. The first kappa shape index (κ1) is 12.9. The van der Waals surface area contributed by atoms with Crippen LogP contribution < -0.4 is 10.5 Å². The van der Waals surface area contributed by atoms with Gasteiger partial charge in [-0.1, -0.05) is 6.07 Å². The number of aryl methyl sites for hydroxylation is 1. The number of carboxylic acid groups (broad SMARTS) is 1. The fraction of sp³-hybridized carbons (Fsp3) is 0.231. The minimum atomic E-state index is -1.05. The predicted octanol–water partition coefficient (Wildman–Crippen LogP) is 1.32. The highest BCUT2D eigenvalue weighted by molar-refractivity contribution is 5.93. The fourth-order valence-electron chi connectivity index (χ4n) is 1.79. The Morgan fingerprint density at radius 2 is 2.26 bits per heavy atom. The number of carbonyl (C=O) groups is 1. The summed E-state index contributed by atoms with van der Waals surface area (Å²) in [6, 6.07) is 6.56. The lowest BCUT2D eigenvalue weighted by Gasteiger charge is -2.11. The molecule has 2 aromatic rings. The molecule has 0 radical (unpaired) electrons. The number of aromatic nitrogens is 2. The minimum absolute atomic E-state index is 0.0741. The van der Waals surface area contributed by atoms with Crippen LogP contribution in [0.5, 0.6) is 5.75 Å². The Kier molecular flexibility index (Phi) is 3.70. The van der Waals surface area contributed by atoms with Crippen molar-refractivity contribution in [3.63, 3.8) is 0 Å². The van der Waals surface area contributed by atoms with Crippen molar-refractivity contribution >= 4 is 11.7 Å². The number of hydrogen-bond donors (Lipinski definition) is 2. The van der Waals surface area contributed by atoms with Gasteiger partial charge in [0.15, 0.2) is 5.75 Å². The van der Waals surface area contributed by atoms with Gasteiger partial charge >= 0.3 is 5.97 Å². The zero-order valence-corrected chi connectivity index (χ0v) is 10.5. The van der Waals surface area contributed by atoms with Crippen LogP contribution in [0.3, 0.4) is 0 Å². The van der Waals surface area contributed by atoms with E-state index in [1.54, 1.807) is 23.0 Å². The summed E-state index contributed by atoms with van der Waals surface area (Å²) in [5.74, 6) is -0.833. The quantitative estimate of drug-likeness (QED) is 0.792. The number of rotatable bonds is 5. The largest absolute Gasteiger partial charge is 0.490 e. The van der Waals surface area contributed by atoms with Crippen molar-refractivity contribution in [2.24, 2.45) is 7.05 Å². The Balaban J connectivity index is 2.07. The maximum atomic E-state index is 11.1. The third-order valence-corrected chi connectivity index (χ3v) is 2.80. The average Bonchev–Trinajstić information content (AvgIpc) is 2.77. The zero-order valence-electron chi connectivity index (χ0n) is 10.5. The van der Waals surface area contributed by atoms with E-state index in [9.17, 15) is 4.79 Å². The first-order valence-corrected chi connectivity index (χ1v) is 5.81. The number of carboxylic acids is 1. The Morgan fingerprint density at radius 1 is 1.47 bits per heavy atom. The number of para-hydroxylation sites is 1. The highest BCUT2D eigenvalue weighted by Crippen LogP contribution is 2.26. The number of ether oxygens (including phenoxy) is 1. The zero-order chi connectivity index (χ0) is 13.8. The van der Waals surface area contributed by atoms with Gasteiger partial charge < -0.3 is 15.6 Å². The monoisotopic (exact) mass is 261 g/mol. The topological polar surface area (TPSA) is 90.4 Å². The second kappa shape index (κ2) is 5.43. The van der Waals surface area contributed by atoms with Crippen LogP contribution >= 0.6 is 0 Å². The highest BCUT2D eigenvalue weighted by atomic mass is 16.5. The van der Waals surface area contributed by atoms with E-state index in [1.165, 1.54) is 6.07 Å². The van der Waals surface area contributed by atoms with Gasteiger partial charge in [-0.2, -0.15) is 5.10 Å². The predicted molar refractivity (Wildman–Crippen MR) is 70.2 cm³/mol. The van der Waals surface area contributed by atoms with Crippen molar-refractivity contribution in [3.05, 3.63) is 41.7 Å². The summed E-state index contributed by atoms with van der Waals surface area (Å²) in [5, 5.41) is 13.1. The Bertz CT molecular complexity index is 593. The summed E-state index contributed by atoms with van der Waals surface area (Å²) in [6.07, 6.45) is 2.33. The van der Waals surface area contributed by atoms with Crippen LogP contribution in [0.4, 0.5) is 5.69 Å². The molecule has 0 saturated heterocycles. The van der Waals surface area contributed by atoms with Gasteiger partial charge in [-0.3, -0.25) is 4.68 Å². The van der Waals surface area contributed by atoms with E-state index in [1.807, 2.05) is 13.1 Å². The number of nitrogens with two attached hydrogens (primary N) is 1.